The van der Waals surface area contributed by atoms with Crippen molar-refractivity contribution in [2.75, 3.05) is 6.54 Å². The molecule has 0 aromatic carbocycles. The van der Waals surface area contributed by atoms with Crippen molar-refractivity contribution in [1.29, 1.82) is 5.26 Å². The predicted octanol–water partition coefficient (Wildman–Crippen LogP) is 1.67. The van der Waals surface area contributed by atoms with Crippen molar-refractivity contribution in [2.24, 2.45) is 0 Å². The lowest BCUT2D eigenvalue weighted by Crippen LogP contribution is -2.38. The van der Waals surface area contributed by atoms with E-state index < -0.39 is 5.54 Å². The second-order valence-corrected chi connectivity index (χ2v) is 3.71. The lowest BCUT2D eigenvalue weighted by Gasteiger charge is -2.18. The zero-order valence-electron chi connectivity index (χ0n) is 8.17. The molecule has 13 heavy (non-hydrogen) atoms. The van der Waals surface area contributed by atoms with Crippen molar-refractivity contribution in [1.82, 2.24) is 5.32 Å². The maximum atomic E-state index is 8.74. The van der Waals surface area contributed by atoms with Crippen LogP contribution in [0, 0.1) is 42.9 Å². The molecule has 0 aromatic rings. The molecule has 1 aliphatic carbocycles. The van der Waals surface area contributed by atoms with Crippen LogP contribution in [0.5, 0.6) is 0 Å². The van der Waals surface area contributed by atoms with E-state index in [4.69, 9.17) is 5.26 Å². The van der Waals surface area contributed by atoms with Crippen molar-refractivity contribution >= 4 is 0 Å². The minimum Gasteiger partial charge on any atom is -0.300 e. The lowest BCUT2D eigenvalue weighted by molar-refractivity contribution is 0.485. The van der Waals surface area contributed by atoms with Crippen LogP contribution in [0.15, 0.2) is 0 Å². The van der Waals surface area contributed by atoms with Gasteiger partial charge in [-0.05, 0) is 58.4 Å². The summed E-state index contributed by atoms with van der Waals surface area (Å²) in [4.78, 5) is 0. The fourth-order valence-electron chi connectivity index (χ4n) is 1.14. The Kier molecular flexibility index (Phi) is 3.74. The summed E-state index contributed by atoms with van der Waals surface area (Å²) >= 11 is 0. The average Bonchev–Trinajstić information content (AvgIpc) is 2.57. The van der Waals surface area contributed by atoms with Crippen LogP contribution in [0.2, 0.25) is 0 Å². The first-order valence-corrected chi connectivity index (χ1v) is 4.51. The maximum Gasteiger partial charge on any atom is 0.101 e. The van der Waals surface area contributed by atoms with Gasteiger partial charge in [-0.15, -0.1) is 0 Å². The monoisotopic (exact) mass is 175 g/mol. The molecule has 0 bridgehead atoms. The van der Waals surface area contributed by atoms with Gasteiger partial charge in [0.15, 0.2) is 0 Å². The molecule has 5 radical (unpaired) electrons. The minimum absolute atomic E-state index is 0.410. The van der Waals surface area contributed by atoms with Crippen LogP contribution in [0.1, 0.15) is 20.3 Å². The number of hydrogen-bond donors (Lipinski definition) is 1. The molecule has 0 aliphatic heterocycles. The van der Waals surface area contributed by atoms with Crippen LogP contribution in [-0.4, -0.2) is 12.1 Å². The molecule has 1 N–H and O–H groups in total. The van der Waals surface area contributed by atoms with E-state index in [1.54, 1.807) is 0 Å². The first-order valence-electron chi connectivity index (χ1n) is 4.51. The van der Waals surface area contributed by atoms with Gasteiger partial charge in [-0.25, -0.2) is 0 Å². The van der Waals surface area contributed by atoms with Crippen molar-refractivity contribution in [3.05, 3.63) is 31.6 Å². The van der Waals surface area contributed by atoms with Crippen LogP contribution in [0.25, 0.3) is 0 Å². The van der Waals surface area contributed by atoms with Crippen molar-refractivity contribution in [3.8, 4) is 6.07 Å². The molecule has 69 valence electrons. The second kappa shape index (κ2) is 4.62. The summed E-state index contributed by atoms with van der Waals surface area (Å²) in [5, 5.41) is 11.9. The maximum absolute atomic E-state index is 8.74. The number of hydrogen-bond acceptors (Lipinski definition) is 2. The topological polar surface area (TPSA) is 35.8 Å². The molecule has 0 atom stereocenters. The smallest absolute Gasteiger partial charge is 0.101 e. The molecule has 1 fully saturated rings. The van der Waals surface area contributed by atoms with Crippen molar-refractivity contribution in [3.63, 3.8) is 0 Å². The molecule has 1 aliphatic rings. The zero-order chi connectivity index (χ0) is 9.73. The van der Waals surface area contributed by atoms with Gasteiger partial charge < -0.3 is 0 Å². The van der Waals surface area contributed by atoms with Gasteiger partial charge in [0.05, 0.1) is 6.07 Å². The Balaban J connectivity index is 2.10. The Bertz CT molecular complexity index is 185. The largest absolute Gasteiger partial charge is 0.300 e. The highest BCUT2D eigenvalue weighted by molar-refractivity contribution is 5.35. The highest BCUT2D eigenvalue weighted by atomic mass is 14.9. The number of nitrogens with one attached hydrogen (secondary N) is 1. The average molecular weight is 175 g/mol. The van der Waals surface area contributed by atoms with Crippen LogP contribution in [0.4, 0.5) is 0 Å². The van der Waals surface area contributed by atoms with Gasteiger partial charge >= 0.3 is 0 Å². The van der Waals surface area contributed by atoms with Gasteiger partial charge in [0.1, 0.15) is 5.54 Å². The van der Waals surface area contributed by atoms with E-state index in [1.807, 2.05) is 26.7 Å². The summed E-state index contributed by atoms with van der Waals surface area (Å²) < 4.78 is 0. The summed E-state index contributed by atoms with van der Waals surface area (Å²) in [5.74, 6) is 1.32. The Labute approximate surface area is 81.3 Å². The molecule has 0 unspecified atom stereocenters. The van der Waals surface area contributed by atoms with Gasteiger partial charge in [-0.2, -0.15) is 5.26 Å². The molecule has 2 heteroatoms. The fourth-order valence-corrected chi connectivity index (χ4v) is 1.14. The summed E-state index contributed by atoms with van der Waals surface area (Å²) in [7, 11) is 0. The fraction of sp³-hybridized carbons (Fsp3) is 0.455. The Morgan fingerprint density at radius 1 is 1.38 bits per heavy atom. The van der Waals surface area contributed by atoms with E-state index in [0.717, 1.165) is 13.0 Å². The Morgan fingerprint density at radius 2 is 2.00 bits per heavy atom. The van der Waals surface area contributed by atoms with E-state index in [2.05, 4.69) is 24.2 Å². The molecular weight excluding hydrogens is 160 g/mol. The first kappa shape index (κ1) is 10.5. The van der Waals surface area contributed by atoms with Gasteiger partial charge in [0.25, 0.3) is 0 Å². The SMILES string of the molecule is CC(C)(C#N)NCC[C]1[CH][CH][CH][CH]1. The second-order valence-electron chi connectivity index (χ2n) is 3.71. The number of rotatable bonds is 4. The highest BCUT2D eigenvalue weighted by Crippen LogP contribution is 2.25. The van der Waals surface area contributed by atoms with Crippen LogP contribution in [0.3, 0.4) is 0 Å². The third kappa shape index (κ3) is 3.78. The Morgan fingerprint density at radius 3 is 2.54 bits per heavy atom. The summed E-state index contributed by atoms with van der Waals surface area (Å²) in [6, 6.07) is 2.21. The van der Waals surface area contributed by atoms with Crippen molar-refractivity contribution in [2.45, 2.75) is 25.8 Å². The summed E-state index contributed by atoms with van der Waals surface area (Å²) in [6.07, 6.45) is 9.25. The zero-order valence-corrected chi connectivity index (χ0v) is 8.17. The number of nitriles is 1. The molecule has 0 saturated heterocycles. The molecular formula is C11H15N2. The van der Waals surface area contributed by atoms with Gasteiger partial charge in [-0.1, -0.05) is 0 Å². The lowest BCUT2D eigenvalue weighted by atomic mass is 10.0. The molecule has 0 amide bonds. The third-order valence-electron chi connectivity index (χ3n) is 1.99. The van der Waals surface area contributed by atoms with Crippen LogP contribution >= 0.6 is 0 Å². The van der Waals surface area contributed by atoms with Gasteiger partial charge in [-0.3, -0.25) is 5.32 Å². The normalized spacial score (nSPS) is 18.8. The van der Waals surface area contributed by atoms with Gasteiger partial charge in [0, 0.05) is 0 Å². The molecule has 2 nitrogen and oxygen atoms in total. The molecule has 0 aromatic heterocycles. The summed E-state index contributed by atoms with van der Waals surface area (Å²) in [6.45, 7) is 4.63. The molecule has 0 heterocycles. The molecule has 1 rings (SSSR count). The third-order valence-corrected chi connectivity index (χ3v) is 1.99. The van der Waals surface area contributed by atoms with E-state index in [-0.39, 0.29) is 0 Å². The summed E-state index contributed by atoms with van der Waals surface area (Å²) in [5.41, 5.74) is -0.410. The van der Waals surface area contributed by atoms with E-state index >= 15 is 0 Å². The number of nitrogens with zero attached hydrogens (tertiary/aromatic N) is 1. The van der Waals surface area contributed by atoms with E-state index in [9.17, 15) is 0 Å². The first-order chi connectivity index (χ1) is 6.14. The van der Waals surface area contributed by atoms with Gasteiger partial charge in [0.2, 0.25) is 0 Å². The quantitative estimate of drug-likeness (QED) is 0.705. The standard InChI is InChI=1S/C11H15N2/c1-11(2,9-12)13-8-7-10-5-3-4-6-10/h3-6,13H,7-8H2,1-2H3. The predicted molar refractivity (Wildman–Crippen MR) is 52.8 cm³/mol. The molecule has 1 saturated carbocycles. The van der Waals surface area contributed by atoms with Crippen LogP contribution in [-0.2, 0) is 0 Å². The van der Waals surface area contributed by atoms with E-state index in [0.29, 0.717) is 0 Å². The highest BCUT2D eigenvalue weighted by Gasteiger charge is 2.19. The Hall–Kier alpha value is -0.550. The van der Waals surface area contributed by atoms with Crippen LogP contribution < -0.4 is 5.32 Å². The molecule has 0 spiro atoms. The van der Waals surface area contributed by atoms with E-state index in [1.165, 1.54) is 5.92 Å². The minimum atomic E-state index is -0.410. The van der Waals surface area contributed by atoms with Crippen molar-refractivity contribution < 1.29 is 0 Å².